The van der Waals surface area contributed by atoms with E-state index in [0.29, 0.717) is 28.6 Å². The Labute approximate surface area is 123 Å². The lowest BCUT2D eigenvalue weighted by molar-refractivity contribution is 0.474. The maximum Gasteiger partial charge on any atom is 0.231 e. The fourth-order valence-electron chi connectivity index (χ4n) is 2.33. The average molecular weight is 282 g/mol. The van der Waals surface area contributed by atoms with Crippen LogP contribution < -0.4 is 5.73 Å². The Balaban J connectivity index is 2.10. The highest BCUT2D eigenvalue weighted by atomic mass is 16.3. The molecule has 0 fully saturated rings. The summed E-state index contributed by atoms with van der Waals surface area (Å²) < 4.78 is 5.73. The summed E-state index contributed by atoms with van der Waals surface area (Å²) in [5.74, 6) is 0.976. The lowest BCUT2D eigenvalue weighted by Crippen LogP contribution is -1.90. The lowest BCUT2D eigenvalue weighted by atomic mass is 9.98. The molecule has 2 aromatic carbocycles. The number of hydrogen-bond donors (Lipinski definition) is 2. The first-order chi connectivity index (χ1) is 10.1. The van der Waals surface area contributed by atoms with Gasteiger partial charge in [-0.25, -0.2) is 4.98 Å². The molecule has 0 saturated heterocycles. The van der Waals surface area contributed by atoms with E-state index in [-0.39, 0.29) is 5.75 Å². The topological polar surface area (TPSA) is 72.3 Å². The molecule has 3 N–H and O–H groups in total. The van der Waals surface area contributed by atoms with Gasteiger partial charge in [0.1, 0.15) is 11.3 Å². The number of hydrogen-bond acceptors (Lipinski definition) is 4. The predicted octanol–water partition coefficient (Wildman–Crippen LogP) is 4.30. The second kappa shape index (κ2) is 5.13. The van der Waals surface area contributed by atoms with Crippen molar-refractivity contribution in [1.29, 1.82) is 0 Å². The summed E-state index contributed by atoms with van der Waals surface area (Å²) in [4.78, 5) is 4.48. The first-order valence-corrected chi connectivity index (χ1v) is 7.08. The third-order valence-electron chi connectivity index (χ3n) is 3.84. The molecule has 108 valence electrons. The van der Waals surface area contributed by atoms with Crippen molar-refractivity contribution >= 4 is 16.8 Å². The SMILES string of the molecule is CC[C@@H](C)c1ccc2oc(-c3cc(N)ccc3O)nc2c1. The van der Waals surface area contributed by atoms with Gasteiger partial charge in [0.25, 0.3) is 0 Å². The van der Waals surface area contributed by atoms with Crippen molar-refractivity contribution in [2.75, 3.05) is 5.73 Å². The van der Waals surface area contributed by atoms with E-state index in [1.54, 1.807) is 18.2 Å². The Morgan fingerprint density at radius 3 is 2.81 bits per heavy atom. The Morgan fingerprint density at radius 2 is 2.05 bits per heavy atom. The zero-order chi connectivity index (χ0) is 15.0. The number of oxazole rings is 1. The monoisotopic (exact) mass is 282 g/mol. The van der Waals surface area contributed by atoms with Crippen molar-refractivity contribution in [2.24, 2.45) is 0 Å². The summed E-state index contributed by atoms with van der Waals surface area (Å²) in [6, 6.07) is 10.9. The van der Waals surface area contributed by atoms with Gasteiger partial charge in [0.15, 0.2) is 5.58 Å². The van der Waals surface area contributed by atoms with E-state index in [2.05, 4.69) is 24.9 Å². The smallest absolute Gasteiger partial charge is 0.231 e. The van der Waals surface area contributed by atoms with E-state index in [4.69, 9.17) is 10.2 Å². The fourth-order valence-corrected chi connectivity index (χ4v) is 2.33. The number of nitrogens with zero attached hydrogens (tertiary/aromatic N) is 1. The van der Waals surface area contributed by atoms with E-state index in [9.17, 15) is 5.11 Å². The molecule has 0 unspecified atom stereocenters. The maximum absolute atomic E-state index is 9.94. The Bertz CT molecular complexity index is 793. The number of rotatable bonds is 3. The van der Waals surface area contributed by atoms with Gasteiger partial charge in [-0.3, -0.25) is 0 Å². The van der Waals surface area contributed by atoms with Crippen molar-refractivity contribution in [3.05, 3.63) is 42.0 Å². The molecule has 21 heavy (non-hydrogen) atoms. The minimum atomic E-state index is 0.109. The van der Waals surface area contributed by atoms with Crippen molar-refractivity contribution in [2.45, 2.75) is 26.2 Å². The number of fused-ring (bicyclic) bond motifs is 1. The molecule has 0 amide bonds. The molecule has 3 rings (SSSR count). The second-order valence-corrected chi connectivity index (χ2v) is 5.33. The third-order valence-corrected chi connectivity index (χ3v) is 3.84. The molecular formula is C17H18N2O2. The van der Waals surface area contributed by atoms with Gasteiger partial charge in [-0.05, 0) is 48.2 Å². The molecule has 0 radical (unpaired) electrons. The van der Waals surface area contributed by atoms with Gasteiger partial charge in [-0.2, -0.15) is 0 Å². The van der Waals surface area contributed by atoms with Gasteiger partial charge in [0.2, 0.25) is 5.89 Å². The number of anilines is 1. The summed E-state index contributed by atoms with van der Waals surface area (Å²) in [6.45, 7) is 4.35. The van der Waals surface area contributed by atoms with Crippen molar-refractivity contribution in [3.63, 3.8) is 0 Å². The van der Waals surface area contributed by atoms with E-state index in [1.165, 1.54) is 5.56 Å². The molecule has 0 spiro atoms. The molecular weight excluding hydrogens is 264 g/mol. The van der Waals surface area contributed by atoms with Crippen LogP contribution in [0.2, 0.25) is 0 Å². The molecule has 0 aliphatic rings. The number of aromatic hydroxyl groups is 1. The first kappa shape index (κ1) is 13.5. The van der Waals surface area contributed by atoms with Crippen LogP contribution in [0.4, 0.5) is 5.69 Å². The van der Waals surface area contributed by atoms with Crippen LogP contribution in [-0.4, -0.2) is 10.1 Å². The largest absolute Gasteiger partial charge is 0.507 e. The zero-order valence-electron chi connectivity index (χ0n) is 12.1. The molecule has 0 aliphatic heterocycles. The molecule has 4 nitrogen and oxygen atoms in total. The highest BCUT2D eigenvalue weighted by Gasteiger charge is 2.14. The molecule has 1 atom stereocenters. The van der Waals surface area contributed by atoms with Crippen LogP contribution in [0.15, 0.2) is 40.8 Å². The highest BCUT2D eigenvalue weighted by Crippen LogP contribution is 2.33. The standard InChI is InChI=1S/C17H18N2O2/c1-3-10(2)11-4-7-16-14(8-11)19-17(21-16)13-9-12(18)5-6-15(13)20/h4-10,20H,3,18H2,1-2H3/t10-/m1/s1. The molecule has 1 heterocycles. The average Bonchev–Trinajstić information content (AvgIpc) is 2.91. The number of aromatic nitrogens is 1. The molecule has 3 aromatic rings. The van der Waals surface area contributed by atoms with Gasteiger partial charge < -0.3 is 15.3 Å². The molecule has 0 saturated carbocycles. The van der Waals surface area contributed by atoms with Crippen molar-refractivity contribution < 1.29 is 9.52 Å². The van der Waals surface area contributed by atoms with Crippen LogP contribution in [0.5, 0.6) is 5.75 Å². The van der Waals surface area contributed by atoms with Crippen molar-refractivity contribution in [3.8, 4) is 17.2 Å². The molecule has 1 aromatic heterocycles. The Morgan fingerprint density at radius 1 is 1.24 bits per heavy atom. The first-order valence-electron chi connectivity index (χ1n) is 7.08. The summed E-state index contributed by atoms with van der Waals surface area (Å²) in [5.41, 5.74) is 9.57. The van der Waals surface area contributed by atoms with Crippen LogP contribution in [-0.2, 0) is 0 Å². The van der Waals surface area contributed by atoms with Crippen LogP contribution in [0.25, 0.3) is 22.6 Å². The minimum Gasteiger partial charge on any atom is -0.507 e. The summed E-state index contributed by atoms with van der Waals surface area (Å²) in [7, 11) is 0. The van der Waals surface area contributed by atoms with Crippen LogP contribution in [0.3, 0.4) is 0 Å². The normalized spacial score (nSPS) is 12.7. The van der Waals surface area contributed by atoms with Crippen LogP contribution in [0, 0.1) is 0 Å². The van der Waals surface area contributed by atoms with Gasteiger partial charge in [0, 0.05) is 5.69 Å². The van der Waals surface area contributed by atoms with Crippen LogP contribution >= 0.6 is 0 Å². The summed E-state index contributed by atoms with van der Waals surface area (Å²) >= 11 is 0. The maximum atomic E-state index is 9.94. The van der Waals surface area contributed by atoms with Gasteiger partial charge in [-0.1, -0.05) is 19.9 Å². The van der Waals surface area contributed by atoms with Gasteiger partial charge >= 0.3 is 0 Å². The van der Waals surface area contributed by atoms with Crippen molar-refractivity contribution in [1.82, 2.24) is 4.98 Å². The lowest BCUT2D eigenvalue weighted by Gasteiger charge is -2.07. The fraction of sp³-hybridized carbons (Fsp3) is 0.235. The Hall–Kier alpha value is -2.49. The quantitative estimate of drug-likeness (QED) is 0.555. The van der Waals surface area contributed by atoms with E-state index >= 15 is 0 Å². The predicted molar refractivity (Wildman–Crippen MR) is 84.2 cm³/mol. The second-order valence-electron chi connectivity index (χ2n) is 5.33. The highest BCUT2D eigenvalue weighted by molar-refractivity contribution is 5.79. The number of nitrogens with two attached hydrogens (primary N) is 1. The van der Waals surface area contributed by atoms with Gasteiger partial charge in [0.05, 0.1) is 5.56 Å². The summed E-state index contributed by atoms with van der Waals surface area (Å²) in [5, 5.41) is 9.94. The number of phenols is 1. The molecule has 0 aliphatic carbocycles. The number of benzene rings is 2. The number of nitrogen functional groups attached to an aromatic ring is 1. The minimum absolute atomic E-state index is 0.109. The molecule has 0 bridgehead atoms. The van der Waals surface area contributed by atoms with Gasteiger partial charge in [-0.15, -0.1) is 0 Å². The van der Waals surface area contributed by atoms with E-state index in [1.807, 2.05) is 12.1 Å². The Kier molecular flexibility index (Phi) is 3.29. The van der Waals surface area contributed by atoms with Crippen LogP contribution in [0.1, 0.15) is 31.7 Å². The zero-order valence-corrected chi connectivity index (χ0v) is 12.1. The molecule has 4 heteroatoms. The third kappa shape index (κ3) is 2.44. The number of phenolic OH excluding ortho intramolecular Hbond substituents is 1. The van der Waals surface area contributed by atoms with E-state index < -0.39 is 0 Å². The summed E-state index contributed by atoms with van der Waals surface area (Å²) in [6.07, 6.45) is 1.08. The van der Waals surface area contributed by atoms with E-state index in [0.717, 1.165) is 11.9 Å².